The van der Waals surface area contributed by atoms with Gasteiger partial charge in [-0.1, -0.05) is 34.1 Å². The van der Waals surface area contributed by atoms with Crippen molar-refractivity contribution < 1.29 is 9.59 Å². The molecule has 1 saturated carbocycles. The van der Waals surface area contributed by atoms with E-state index in [-0.39, 0.29) is 28.7 Å². The van der Waals surface area contributed by atoms with Crippen LogP contribution in [0.1, 0.15) is 53.4 Å². The van der Waals surface area contributed by atoms with Gasteiger partial charge >= 0.3 is 0 Å². The Morgan fingerprint density at radius 2 is 1.72 bits per heavy atom. The van der Waals surface area contributed by atoms with Gasteiger partial charge in [-0.3, -0.25) is 14.5 Å². The smallest absolute Gasteiger partial charge is 0.253 e. The molecule has 2 unspecified atom stereocenters. The van der Waals surface area contributed by atoms with E-state index in [1.165, 1.54) is 17.1 Å². The minimum atomic E-state index is -0.138. The normalized spacial score (nSPS) is 35.3. The molecular weight excluding hydrogens is 226 g/mol. The zero-order valence-electron chi connectivity index (χ0n) is 11.8. The molecule has 0 aromatic carbocycles. The van der Waals surface area contributed by atoms with E-state index in [2.05, 4.69) is 27.7 Å². The van der Waals surface area contributed by atoms with Gasteiger partial charge in [0.25, 0.3) is 11.8 Å². The summed E-state index contributed by atoms with van der Waals surface area (Å²) in [6, 6.07) is 0.0636. The Morgan fingerprint density at radius 1 is 1.17 bits per heavy atom. The van der Waals surface area contributed by atoms with E-state index in [0.717, 1.165) is 25.7 Å². The van der Waals surface area contributed by atoms with Gasteiger partial charge in [-0.05, 0) is 30.1 Å². The highest BCUT2D eigenvalue weighted by molar-refractivity contribution is 6.13. The zero-order chi connectivity index (χ0) is 13.6. The van der Waals surface area contributed by atoms with Gasteiger partial charge in [0.2, 0.25) is 0 Å². The maximum Gasteiger partial charge on any atom is 0.253 e. The van der Waals surface area contributed by atoms with Gasteiger partial charge in [0, 0.05) is 18.2 Å². The summed E-state index contributed by atoms with van der Waals surface area (Å²) in [6.07, 6.45) is 6.90. The number of imide groups is 1. The Hall–Kier alpha value is -1.12. The SMILES string of the molecule is CCC1(C)CC(N2C(=O)C=CC2=O)CC(C)(C)C1. The number of carbonyl (C=O) groups excluding carboxylic acids is 2. The molecule has 0 radical (unpaired) electrons. The predicted octanol–water partition coefficient (Wildman–Crippen LogP) is 2.91. The van der Waals surface area contributed by atoms with Crippen LogP contribution in [0.3, 0.4) is 0 Å². The first kappa shape index (κ1) is 13.3. The Kier molecular flexibility index (Phi) is 3.12. The highest BCUT2D eigenvalue weighted by atomic mass is 16.2. The van der Waals surface area contributed by atoms with E-state index in [1.807, 2.05) is 0 Å². The summed E-state index contributed by atoms with van der Waals surface area (Å²) in [7, 11) is 0. The van der Waals surface area contributed by atoms with Gasteiger partial charge in [0.1, 0.15) is 0 Å². The molecule has 18 heavy (non-hydrogen) atoms. The van der Waals surface area contributed by atoms with E-state index in [0.29, 0.717) is 0 Å². The van der Waals surface area contributed by atoms with E-state index in [9.17, 15) is 9.59 Å². The van der Waals surface area contributed by atoms with Gasteiger partial charge in [-0.25, -0.2) is 0 Å². The fourth-order valence-corrected chi connectivity index (χ4v) is 3.80. The van der Waals surface area contributed by atoms with Crippen molar-refractivity contribution in [2.24, 2.45) is 10.8 Å². The second-order valence-electron chi connectivity index (χ2n) is 6.95. The molecule has 2 rings (SSSR count). The maximum absolute atomic E-state index is 11.8. The topological polar surface area (TPSA) is 37.4 Å². The van der Waals surface area contributed by atoms with Gasteiger partial charge in [-0.15, -0.1) is 0 Å². The van der Waals surface area contributed by atoms with Gasteiger partial charge in [0.05, 0.1) is 0 Å². The molecule has 1 aliphatic heterocycles. The van der Waals surface area contributed by atoms with Crippen molar-refractivity contribution >= 4 is 11.8 Å². The Labute approximate surface area is 109 Å². The molecule has 1 fully saturated rings. The lowest BCUT2D eigenvalue weighted by atomic mass is 9.61. The molecule has 1 aliphatic carbocycles. The molecule has 0 saturated heterocycles. The van der Waals surface area contributed by atoms with Crippen LogP contribution in [0.5, 0.6) is 0 Å². The zero-order valence-corrected chi connectivity index (χ0v) is 11.8. The van der Waals surface area contributed by atoms with Crippen molar-refractivity contribution in [3.05, 3.63) is 12.2 Å². The van der Waals surface area contributed by atoms with Crippen LogP contribution in [0.15, 0.2) is 12.2 Å². The van der Waals surface area contributed by atoms with Crippen LogP contribution in [0.25, 0.3) is 0 Å². The van der Waals surface area contributed by atoms with Crippen molar-refractivity contribution in [3.63, 3.8) is 0 Å². The molecule has 2 amide bonds. The number of nitrogens with zero attached hydrogens (tertiary/aromatic N) is 1. The van der Waals surface area contributed by atoms with Crippen LogP contribution in [0.2, 0.25) is 0 Å². The number of carbonyl (C=O) groups is 2. The molecular formula is C15H23NO2. The molecule has 0 aromatic heterocycles. The summed E-state index contributed by atoms with van der Waals surface area (Å²) >= 11 is 0. The fraction of sp³-hybridized carbons (Fsp3) is 0.733. The van der Waals surface area contributed by atoms with Gasteiger partial charge in [-0.2, -0.15) is 0 Å². The average Bonchev–Trinajstić information content (AvgIpc) is 2.56. The van der Waals surface area contributed by atoms with E-state index in [1.54, 1.807) is 0 Å². The first-order chi connectivity index (χ1) is 8.26. The average molecular weight is 249 g/mol. The summed E-state index contributed by atoms with van der Waals surface area (Å²) in [5.41, 5.74) is 0.423. The molecule has 0 N–H and O–H groups in total. The van der Waals surface area contributed by atoms with Crippen LogP contribution < -0.4 is 0 Å². The van der Waals surface area contributed by atoms with Crippen LogP contribution >= 0.6 is 0 Å². The fourth-order valence-electron chi connectivity index (χ4n) is 3.80. The quantitative estimate of drug-likeness (QED) is 0.706. The van der Waals surface area contributed by atoms with Crippen LogP contribution in [0.4, 0.5) is 0 Å². The lowest BCUT2D eigenvalue weighted by Crippen LogP contribution is -2.49. The molecule has 0 aromatic rings. The summed E-state index contributed by atoms with van der Waals surface area (Å²) in [5.74, 6) is -0.276. The third kappa shape index (κ3) is 2.36. The van der Waals surface area contributed by atoms with Gasteiger partial charge in [0.15, 0.2) is 0 Å². The lowest BCUT2D eigenvalue weighted by molar-refractivity contribution is -0.142. The first-order valence-electron chi connectivity index (χ1n) is 6.82. The second kappa shape index (κ2) is 4.22. The van der Waals surface area contributed by atoms with E-state index < -0.39 is 0 Å². The second-order valence-corrected chi connectivity index (χ2v) is 6.95. The molecule has 2 aliphatic rings. The molecule has 0 spiro atoms. The Morgan fingerprint density at radius 3 is 2.22 bits per heavy atom. The highest BCUT2D eigenvalue weighted by Crippen LogP contribution is 2.49. The summed E-state index contributed by atoms with van der Waals surface area (Å²) in [5, 5.41) is 0. The highest BCUT2D eigenvalue weighted by Gasteiger charge is 2.45. The van der Waals surface area contributed by atoms with Crippen LogP contribution in [-0.2, 0) is 9.59 Å². The number of rotatable bonds is 2. The van der Waals surface area contributed by atoms with Crippen molar-refractivity contribution in [2.45, 2.75) is 59.4 Å². The number of amides is 2. The summed E-state index contributed by atoms with van der Waals surface area (Å²) in [6.45, 7) is 8.96. The minimum Gasteiger partial charge on any atom is -0.272 e. The van der Waals surface area contributed by atoms with Crippen LogP contribution in [-0.4, -0.2) is 22.8 Å². The molecule has 3 heteroatoms. The monoisotopic (exact) mass is 249 g/mol. The first-order valence-corrected chi connectivity index (χ1v) is 6.82. The lowest BCUT2D eigenvalue weighted by Gasteiger charge is -2.48. The Bertz CT molecular complexity index is 393. The summed E-state index contributed by atoms with van der Waals surface area (Å²) in [4.78, 5) is 25.1. The molecule has 0 bridgehead atoms. The van der Waals surface area contributed by atoms with E-state index in [4.69, 9.17) is 0 Å². The molecule has 2 atom stereocenters. The third-order valence-electron chi connectivity index (χ3n) is 4.48. The maximum atomic E-state index is 11.8. The van der Waals surface area contributed by atoms with Crippen molar-refractivity contribution in [1.29, 1.82) is 0 Å². The minimum absolute atomic E-state index is 0.0636. The van der Waals surface area contributed by atoms with Crippen molar-refractivity contribution in [3.8, 4) is 0 Å². The molecule has 3 nitrogen and oxygen atoms in total. The Balaban J connectivity index is 2.23. The molecule has 1 heterocycles. The van der Waals surface area contributed by atoms with Crippen molar-refractivity contribution in [1.82, 2.24) is 4.90 Å². The van der Waals surface area contributed by atoms with E-state index >= 15 is 0 Å². The predicted molar refractivity (Wildman–Crippen MR) is 70.8 cm³/mol. The number of hydrogen-bond donors (Lipinski definition) is 0. The number of hydrogen-bond acceptors (Lipinski definition) is 2. The molecule has 100 valence electrons. The standard InChI is InChI=1S/C15H23NO2/c1-5-15(4)9-11(8-14(2,3)10-15)16-12(17)6-7-13(16)18/h6-7,11H,5,8-10H2,1-4H3. The van der Waals surface area contributed by atoms with Crippen LogP contribution in [0, 0.1) is 10.8 Å². The third-order valence-corrected chi connectivity index (χ3v) is 4.48. The summed E-state index contributed by atoms with van der Waals surface area (Å²) < 4.78 is 0. The van der Waals surface area contributed by atoms with Crippen molar-refractivity contribution in [2.75, 3.05) is 0 Å². The largest absolute Gasteiger partial charge is 0.272 e. The van der Waals surface area contributed by atoms with Gasteiger partial charge < -0.3 is 0 Å².